The van der Waals surface area contributed by atoms with Gasteiger partial charge in [-0.05, 0) is 19.9 Å². The smallest absolute Gasteiger partial charge is 0.246 e. The Morgan fingerprint density at radius 2 is 2.31 bits per heavy atom. The molecule has 1 aliphatic heterocycles. The average molecular weight is 188 g/mol. The first kappa shape index (κ1) is 10.4. The first-order valence-electron chi connectivity index (χ1n) is 4.52. The van der Waals surface area contributed by atoms with E-state index in [2.05, 4.69) is 6.07 Å². The molecular formula is C9H14F2N2. The Hall–Kier alpha value is -0.690. The molecule has 1 fully saturated rings. The molecule has 1 rings (SSSR count). The summed E-state index contributed by atoms with van der Waals surface area (Å²) < 4.78 is 24.9. The van der Waals surface area contributed by atoms with Gasteiger partial charge in [-0.1, -0.05) is 0 Å². The van der Waals surface area contributed by atoms with Crippen molar-refractivity contribution in [2.24, 2.45) is 0 Å². The Kier molecular flexibility index (Phi) is 3.21. The van der Waals surface area contributed by atoms with Crippen LogP contribution >= 0.6 is 0 Å². The van der Waals surface area contributed by atoms with Crippen molar-refractivity contribution in [2.75, 3.05) is 13.1 Å². The summed E-state index contributed by atoms with van der Waals surface area (Å²) in [5.41, 5.74) is 0. The molecule has 0 aromatic rings. The number of alkyl halides is 2. The molecule has 0 saturated carbocycles. The van der Waals surface area contributed by atoms with Crippen molar-refractivity contribution in [1.82, 2.24) is 4.90 Å². The van der Waals surface area contributed by atoms with Crippen molar-refractivity contribution < 1.29 is 8.78 Å². The van der Waals surface area contributed by atoms with Gasteiger partial charge in [-0.3, -0.25) is 4.90 Å². The largest absolute Gasteiger partial charge is 0.299 e. The van der Waals surface area contributed by atoms with Gasteiger partial charge in [0, 0.05) is 19.0 Å². The second kappa shape index (κ2) is 4.01. The van der Waals surface area contributed by atoms with E-state index in [1.54, 1.807) is 0 Å². The fraction of sp³-hybridized carbons (Fsp3) is 0.889. The fourth-order valence-corrected chi connectivity index (χ4v) is 1.47. The summed E-state index contributed by atoms with van der Waals surface area (Å²) in [5.74, 6) is -2.58. The predicted octanol–water partition coefficient (Wildman–Crippen LogP) is 2.02. The van der Waals surface area contributed by atoms with Crippen molar-refractivity contribution >= 4 is 0 Å². The van der Waals surface area contributed by atoms with Gasteiger partial charge in [0.1, 0.15) is 0 Å². The van der Waals surface area contributed by atoms with Crippen LogP contribution in [0, 0.1) is 11.3 Å². The molecule has 0 aliphatic carbocycles. The van der Waals surface area contributed by atoms with Gasteiger partial charge in [-0.2, -0.15) is 5.26 Å². The third-order valence-electron chi connectivity index (χ3n) is 2.43. The Morgan fingerprint density at radius 1 is 1.62 bits per heavy atom. The standard InChI is InChI=1S/C9H14F2N2/c1-9(10,11)4-7-13-6-3-8(13)2-5-12/h8H,2-4,6-7H2,1H3. The monoisotopic (exact) mass is 188 g/mol. The van der Waals surface area contributed by atoms with Crippen molar-refractivity contribution in [3.63, 3.8) is 0 Å². The minimum Gasteiger partial charge on any atom is -0.299 e. The van der Waals surface area contributed by atoms with Gasteiger partial charge >= 0.3 is 0 Å². The normalized spacial score (nSPS) is 23.7. The second-order valence-corrected chi connectivity index (χ2v) is 3.66. The number of nitriles is 1. The lowest BCUT2D eigenvalue weighted by Crippen LogP contribution is -2.48. The first-order valence-corrected chi connectivity index (χ1v) is 4.52. The molecule has 1 saturated heterocycles. The summed E-state index contributed by atoms with van der Waals surface area (Å²) in [6, 6.07) is 2.30. The maximum Gasteiger partial charge on any atom is 0.246 e. The molecule has 4 heteroatoms. The zero-order valence-electron chi connectivity index (χ0n) is 7.76. The van der Waals surface area contributed by atoms with E-state index < -0.39 is 5.92 Å². The molecule has 13 heavy (non-hydrogen) atoms. The molecule has 0 radical (unpaired) electrons. The van der Waals surface area contributed by atoms with E-state index in [9.17, 15) is 8.78 Å². The van der Waals surface area contributed by atoms with Crippen LogP contribution in [0.5, 0.6) is 0 Å². The lowest BCUT2D eigenvalue weighted by Gasteiger charge is -2.40. The minimum atomic E-state index is -2.58. The maximum absolute atomic E-state index is 12.5. The Labute approximate surface area is 77.1 Å². The van der Waals surface area contributed by atoms with Crippen LogP contribution in [0.15, 0.2) is 0 Å². The SMILES string of the molecule is CC(F)(F)CCN1CCC1CC#N. The van der Waals surface area contributed by atoms with E-state index in [0.717, 1.165) is 19.9 Å². The molecule has 0 spiro atoms. The summed E-state index contributed by atoms with van der Waals surface area (Å²) in [5, 5.41) is 8.42. The maximum atomic E-state index is 12.5. The zero-order valence-corrected chi connectivity index (χ0v) is 7.76. The van der Waals surface area contributed by atoms with E-state index in [4.69, 9.17) is 5.26 Å². The Morgan fingerprint density at radius 3 is 2.69 bits per heavy atom. The molecule has 0 bridgehead atoms. The minimum absolute atomic E-state index is 0.102. The molecule has 0 aromatic heterocycles. The van der Waals surface area contributed by atoms with Crippen molar-refractivity contribution in [3.8, 4) is 6.07 Å². The number of hydrogen-bond donors (Lipinski definition) is 0. The third-order valence-corrected chi connectivity index (χ3v) is 2.43. The van der Waals surface area contributed by atoms with Crippen LogP contribution in [-0.4, -0.2) is 30.0 Å². The van der Waals surface area contributed by atoms with E-state index in [1.807, 2.05) is 4.90 Å². The topological polar surface area (TPSA) is 27.0 Å². The highest BCUT2D eigenvalue weighted by Gasteiger charge is 2.30. The molecule has 1 atom stereocenters. The van der Waals surface area contributed by atoms with Gasteiger partial charge in [0.2, 0.25) is 5.92 Å². The summed E-state index contributed by atoms with van der Waals surface area (Å²) in [6.07, 6.45) is 1.34. The highest BCUT2D eigenvalue weighted by Crippen LogP contribution is 2.24. The van der Waals surface area contributed by atoms with Crippen LogP contribution in [0.3, 0.4) is 0 Å². The van der Waals surface area contributed by atoms with Crippen LogP contribution in [0.4, 0.5) is 8.78 Å². The summed E-state index contributed by atoms with van der Waals surface area (Å²) in [7, 11) is 0. The summed E-state index contributed by atoms with van der Waals surface area (Å²) in [6.45, 7) is 2.21. The van der Waals surface area contributed by atoms with Gasteiger partial charge in [-0.15, -0.1) is 0 Å². The number of rotatable bonds is 4. The van der Waals surface area contributed by atoms with Gasteiger partial charge in [-0.25, -0.2) is 8.78 Å². The van der Waals surface area contributed by atoms with Crippen LogP contribution < -0.4 is 0 Å². The first-order chi connectivity index (χ1) is 6.03. The second-order valence-electron chi connectivity index (χ2n) is 3.66. The molecule has 1 aliphatic rings. The van der Waals surface area contributed by atoms with E-state index in [-0.39, 0.29) is 12.5 Å². The molecule has 2 nitrogen and oxygen atoms in total. The van der Waals surface area contributed by atoms with Gasteiger partial charge in [0.25, 0.3) is 0 Å². The van der Waals surface area contributed by atoms with E-state index >= 15 is 0 Å². The quantitative estimate of drug-likeness (QED) is 0.674. The molecule has 1 unspecified atom stereocenters. The van der Waals surface area contributed by atoms with Crippen molar-refractivity contribution in [3.05, 3.63) is 0 Å². The van der Waals surface area contributed by atoms with Crippen molar-refractivity contribution in [1.29, 1.82) is 5.26 Å². The van der Waals surface area contributed by atoms with Gasteiger partial charge in [0.05, 0.1) is 12.5 Å². The fourth-order valence-electron chi connectivity index (χ4n) is 1.47. The molecule has 74 valence electrons. The summed E-state index contributed by atoms with van der Waals surface area (Å²) >= 11 is 0. The number of hydrogen-bond acceptors (Lipinski definition) is 2. The highest BCUT2D eigenvalue weighted by atomic mass is 19.3. The number of likely N-dealkylation sites (tertiary alicyclic amines) is 1. The van der Waals surface area contributed by atoms with Gasteiger partial charge in [0.15, 0.2) is 0 Å². The van der Waals surface area contributed by atoms with E-state index in [0.29, 0.717) is 13.0 Å². The van der Waals surface area contributed by atoms with Gasteiger partial charge < -0.3 is 0 Å². The molecule has 0 amide bonds. The molecular weight excluding hydrogens is 174 g/mol. The predicted molar refractivity (Wildman–Crippen MR) is 45.4 cm³/mol. The van der Waals surface area contributed by atoms with Crippen LogP contribution in [0.1, 0.15) is 26.2 Å². The van der Waals surface area contributed by atoms with Crippen molar-refractivity contribution in [2.45, 2.75) is 38.2 Å². The third kappa shape index (κ3) is 3.27. The number of halogens is 2. The molecule has 1 heterocycles. The lowest BCUT2D eigenvalue weighted by atomic mass is 9.99. The average Bonchev–Trinajstić information content (AvgIpc) is 1.96. The van der Waals surface area contributed by atoms with Crippen LogP contribution in [-0.2, 0) is 0 Å². The molecule has 0 N–H and O–H groups in total. The zero-order chi connectivity index (χ0) is 9.90. The van der Waals surface area contributed by atoms with E-state index in [1.165, 1.54) is 0 Å². The Balaban J connectivity index is 2.20. The molecule has 0 aromatic carbocycles. The van der Waals surface area contributed by atoms with Crippen LogP contribution in [0.2, 0.25) is 0 Å². The summed E-state index contributed by atoms with van der Waals surface area (Å²) in [4.78, 5) is 1.96. The lowest BCUT2D eigenvalue weighted by molar-refractivity contribution is -0.0134. The Bertz CT molecular complexity index is 205. The van der Waals surface area contributed by atoms with Crippen LogP contribution in [0.25, 0.3) is 0 Å². The number of nitrogens with zero attached hydrogens (tertiary/aromatic N) is 2. The highest BCUT2D eigenvalue weighted by molar-refractivity contribution is 4.90.